The van der Waals surface area contributed by atoms with Crippen molar-refractivity contribution in [3.63, 3.8) is 0 Å². The van der Waals surface area contributed by atoms with E-state index in [1.165, 1.54) is 0 Å². The van der Waals surface area contributed by atoms with Gasteiger partial charge in [-0.25, -0.2) is 9.97 Å². The van der Waals surface area contributed by atoms with Crippen LogP contribution in [-0.2, 0) is 4.74 Å². The molecule has 0 N–H and O–H groups in total. The summed E-state index contributed by atoms with van der Waals surface area (Å²) in [5, 5.41) is 0. The van der Waals surface area contributed by atoms with Crippen molar-refractivity contribution >= 4 is 11.7 Å². The largest absolute Gasteiger partial charge is 0.381 e. The molecule has 2 aliphatic rings. The fourth-order valence-corrected chi connectivity index (χ4v) is 3.45. The van der Waals surface area contributed by atoms with Crippen molar-refractivity contribution in [2.45, 2.75) is 31.7 Å². The Hall–Kier alpha value is -1.69. The zero-order valence-electron chi connectivity index (χ0n) is 13.4. The van der Waals surface area contributed by atoms with Crippen molar-refractivity contribution in [1.29, 1.82) is 0 Å². The maximum absolute atomic E-state index is 12.8. The average Bonchev–Trinajstić information content (AvgIpc) is 3.04. The molecule has 1 amide bonds. The molecule has 2 aliphatic heterocycles. The SMILES string of the molecule is CN(C)c1cnc(C(=O)N2CCC[C@H]2C2CCOCC2)cn1. The normalized spacial score (nSPS) is 22.8. The van der Waals surface area contributed by atoms with Crippen LogP contribution >= 0.6 is 0 Å². The molecule has 3 rings (SSSR count). The zero-order valence-corrected chi connectivity index (χ0v) is 13.4. The Labute approximate surface area is 131 Å². The van der Waals surface area contributed by atoms with E-state index < -0.39 is 0 Å². The van der Waals surface area contributed by atoms with Crippen LogP contribution in [-0.4, -0.2) is 60.7 Å². The second-order valence-electron chi connectivity index (χ2n) is 6.31. The first-order chi connectivity index (χ1) is 10.7. The highest BCUT2D eigenvalue weighted by Gasteiger charge is 2.36. The first-order valence-electron chi connectivity index (χ1n) is 8.05. The molecular weight excluding hydrogens is 280 g/mol. The number of nitrogens with zero attached hydrogens (tertiary/aromatic N) is 4. The standard InChI is InChI=1S/C16H24N4O2/c1-19(2)15-11-17-13(10-18-15)16(21)20-7-3-4-14(20)12-5-8-22-9-6-12/h10-12,14H,3-9H2,1-2H3/t14-/m0/s1. The van der Waals surface area contributed by atoms with E-state index >= 15 is 0 Å². The summed E-state index contributed by atoms with van der Waals surface area (Å²) in [6.07, 6.45) is 7.54. The molecule has 120 valence electrons. The lowest BCUT2D eigenvalue weighted by molar-refractivity contribution is 0.0320. The number of likely N-dealkylation sites (tertiary alicyclic amines) is 1. The first-order valence-corrected chi connectivity index (χ1v) is 8.05. The van der Waals surface area contributed by atoms with Crippen LogP contribution < -0.4 is 4.90 Å². The molecule has 6 nitrogen and oxygen atoms in total. The summed E-state index contributed by atoms with van der Waals surface area (Å²) >= 11 is 0. The third-order valence-electron chi connectivity index (χ3n) is 4.69. The van der Waals surface area contributed by atoms with E-state index in [4.69, 9.17) is 4.74 Å². The van der Waals surface area contributed by atoms with Crippen molar-refractivity contribution in [2.24, 2.45) is 5.92 Å². The highest BCUT2D eigenvalue weighted by atomic mass is 16.5. The first kappa shape index (κ1) is 15.2. The van der Waals surface area contributed by atoms with Gasteiger partial charge in [-0.2, -0.15) is 0 Å². The van der Waals surface area contributed by atoms with Gasteiger partial charge in [-0.15, -0.1) is 0 Å². The Bertz CT molecular complexity index is 511. The van der Waals surface area contributed by atoms with Gasteiger partial charge < -0.3 is 14.5 Å². The monoisotopic (exact) mass is 304 g/mol. The average molecular weight is 304 g/mol. The summed E-state index contributed by atoms with van der Waals surface area (Å²) < 4.78 is 5.44. The van der Waals surface area contributed by atoms with Gasteiger partial charge in [0.25, 0.3) is 5.91 Å². The molecule has 0 spiro atoms. The molecule has 6 heteroatoms. The summed E-state index contributed by atoms with van der Waals surface area (Å²) in [5.74, 6) is 1.35. The van der Waals surface area contributed by atoms with Crippen LogP contribution in [0.4, 0.5) is 5.82 Å². The Morgan fingerprint density at radius 2 is 2.00 bits per heavy atom. The third kappa shape index (κ3) is 3.06. The number of carbonyl (C=O) groups excluding carboxylic acids is 1. The minimum absolute atomic E-state index is 0.0202. The van der Waals surface area contributed by atoms with Gasteiger partial charge in [-0.1, -0.05) is 0 Å². The number of hydrogen-bond donors (Lipinski definition) is 0. The summed E-state index contributed by atoms with van der Waals surface area (Å²) in [7, 11) is 3.82. The molecule has 0 radical (unpaired) electrons. The number of amides is 1. The van der Waals surface area contributed by atoms with Crippen LogP contribution in [0.3, 0.4) is 0 Å². The topological polar surface area (TPSA) is 58.6 Å². The molecule has 1 aromatic rings. The van der Waals surface area contributed by atoms with Crippen molar-refractivity contribution in [2.75, 3.05) is 38.8 Å². The van der Waals surface area contributed by atoms with Crippen LogP contribution in [0.25, 0.3) is 0 Å². The zero-order chi connectivity index (χ0) is 15.5. The molecule has 0 bridgehead atoms. The lowest BCUT2D eigenvalue weighted by atomic mass is 9.90. The van der Waals surface area contributed by atoms with Crippen LogP contribution in [0.15, 0.2) is 12.4 Å². The van der Waals surface area contributed by atoms with Gasteiger partial charge in [-0.05, 0) is 31.6 Å². The van der Waals surface area contributed by atoms with Crippen molar-refractivity contribution in [3.05, 3.63) is 18.1 Å². The lowest BCUT2D eigenvalue weighted by Crippen LogP contribution is -2.42. The van der Waals surface area contributed by atoms with Gasteiger partial charge in [0.2, 0.25) is 0 Å². The van der Waals surface area contributed by atoms with E-state index in [-0.39, 0.29) is 5.91 Å². The maximum Gasteiger partial charge on any atom is 0.274 e. The van der Waals surface area contributed by atoms with Gasteiger partial charge >= 0.3 is 0 Å². The highest BCUT2D eigenvalue weighted by Crippen LogP contribution is 2.31. The fourth-order valence-electron chi connectivity index (χ4n) is 3.45. The molecule has 22 heavy (non-hydrogen) atoms. The molecule has 2 saturated heterocycles. The van der Waals surface area contributed by atoms with Crippen molar-refractivity contribution < 1.29 is 9.53 Å². The summed E-state index contributed by atoms with van der Waals surface area (Å²) in [6, 6.07) is 0.340. The Morgan fingerprint density at radius 1 is 1.23 bits per heavy atom. The van der Waals surface area contributed by atoms with Crippen molar-refractivity contribution in [3.8, 4) is 0 Å². The van der Waals surface area contributed by atoms with Gasteiger partial charge in [-0.3, -0.25) is 4.79 Å². The number of anilines is 1. The molecular formula is C16H24N4O2. The quantitative estimate of drug-likeness (QED) is 0.848. The Kier molecular flexibility index (Phi) is 4.57. The Morgan fingerprint density at radius 3 is 2.64 bits per heavy atom. The van der Waals surface area contributed by atoms with E-state index in [1.807, 2.05) is 23.9 Å². The van der Waals surface area contributed by atoms with Crippen LogP contribution in [0.5, 0.6) is 0 Å². The number of ether oxygens (including phenoxy) is 1. The summed E-state index contributed by atoms with van der Waals surface area (Å²) in [6.45, 7) is 2.47. The third-order valence-corrected chi connectivity index (χ3v) is 4.69. The van der Waals surface area contributed by atoms with Crippen LogP contribution in [0.1, 0.15) is 36.2 Å². The van der Waals surface area contributed by atoms with Gasteiger partial charge in [0.05, 0.1) is 12.4 Å². The van der Waals surface area contributed by atoms with E-state index in [1.54, 1.807) is 12.4 Å². The van der Waals surface area contributed by atoms with E-state index in [9.17, 15) is 4.79 Å². The molecule has 0 saturated carbocycles. The molecule has 3 heterocycles. The minimum Gasteiger partial charge on any atom is -0.381 e. The van der Waals surface area contributed by atoms with E-state index in [0.717, 1.165) is 51.3 Å². The molecule has 0 aliphatic carbocycles. The van der Waals surface area contributed by atoms with Gasteiger partial charge in [0, 0.05) is 39.9 Å². The lowest BCUT2D eigenvalue weighted by Gasteiger charge is -2.33. The molecule has 1 atom stereocenters. The Balaban J connectivity index is 1.72. The van der Waals surface area contributed by atoms with Crippen LogP contribution in [0.2, 0.25) is 0 Å². The molecule has 2 fully saturated rings. The van der Waals surface area contributed by atoms with Crippen LogP contribution in [0, 0.1) is 5.92 Å². The minimum atomic E-state index is 0.0202. The number of aromatic nitrogens is 2. The molecule has 1 aromatic heterocycles. The van der Waals surface area contributed by atoms with E-state index in [2.05, 4.69) is 9.97 Å². The predicted octanol–water partition coefficient (Wildman–Crippen LogP) is 1.57. The van der Waals surface area contributed by atoms with E-state index in [0.29, 0.717) is 17.7 Å². The molecule has 0 aromatic carbocycles. The smallest absolute Gasteiger partial charge is 0.274 e. The predicted molar refractivity (Wildman–Crippen MR) is 84.0 cm³/mol. The second kappa shape index (κ2) is 6.60. The number of hydrogen-bond acceptors (Lipinski definition) is 5. The maximum atomic E-state index is 12.8. The number of carbonyl (C=O) groups is 1. The van der Waals surface area contributed by atoms with Gasteiger partial charge in [0.15, 0.2) is 0 Å². The summed E-state index contributed by atoms with van der Waals surface area (Å²) in [4.78, 5) is 25.3. The summed E-state index contributed by atoms with van der Waals surface area (Å²) in [5.41, 5.74) is 0.449. The fraction of sp³-hybridized carbons (Fsp3) is 0.688. The number of rotatable bonds is 3. The highest BCUT2D eigenvalue weighted by molar-refractivity contribution is 5.92. The van der Waals surface area contributed by atoms with Crippen molar-refractivity contribution in [1.82, 2.24) is 14.9 Å². The molecule has 0 unspecified atom stereocenters. The van der Waals surface area contributed by atoms with Gasteiger partial charge in [0.1, 0.15) is 11.5 Å². The second-order valence-corrected chi connectivity index (χ2v) is 6.31.